The van der Waals surface area contributed by atoms with Crippen LogP contribution in [0.4, 0.5) is 5.69 Å². The summed E-state index contributed by atoms with van der Waals surface area (Å²) in [5.74, 6) is -1.27. The van der Waals surface area contributed by atoms with Crippen LogP contribution in [0.2, 0.25) is 15.1 Å². The Kier molecular flexibility index (Phi) is 4.87. The van der Waals surface area contributed by atoms with Crippen molar-refractivity contribution in [1.29, 1.82) is 0 Å². The van der Waals surface area contributed by atoms with Crippen molar-refractivity contribution in [3.63, 3.8) is 0 Å². The van der Waals surface area contributed by atoms with E-state index in [2.05, 4.69) is 4.72 Å². The van der Waals surface area contributed by atoms with Gasteiger partial charge in [-0.2, -0.15) is 0 Å². The Balaban J connectivity index is 2.43. The fourth-order valence-electron chi connectivity index (χ4n) is 1.65. The molecule has 0 radical (unpaired) electrons. The Labute approximate surface area is 141 Å². The van der Waals surface area contributed by atoms with Crippen molar-refractivity contribution in [1.82, 2.24) is 0 Å². The van der Waals surface area contributed by atoms with Gasteiger partial charge in [0.15, 0.2) is 0 Å². The van der Waals surface area contributed by atoms with Crippen LogP contribution >= 0.6 is 34.8 Å². The fourth-order valence-corrected chi connectivity index (χ4v) is 3.66. The predicted octanol–water partition coefficient (Wildman–Crippen LogP) is 4.15. The molecule has 0 unspecified atom stereocenters. The molecule has 0 aromatic heterocycles. The molecule has 0 aliphatic carbocycles. The molecule has 2 aromatic carbocycles. The summed E-state index contributed by atoms with van der Waals surface area (Å²) in [4.78, 5) is 10.8. The molecule has 0 spiro atoms. The lowest BCUT2D eigenvalue weighted by Crippen LogP contribution is -2.14. The van der Waals surface area contributed by atoms with Gasteiger partial charge in [-0.25, -0.2) is 13.2 Å². The number of carboxylic acid groups (broad SMARTS) is 1. The van der Waals surface area contributed by atoms with Crippen molar-refractivity contribution in [2.75, 3.05) is 4.72 Å². The fraction of sp³-hybridized carbons (Fsp3) is 0. The lowest BCUT2D eigenvalue weighted by molar-refractivity contribution is 0.0697. The molecule has 2 rings (SSSR count). The molecule has 2 N–H and O–H groups in total. The second-order valence-electron chi connectivity index (χ2n) is 4.18. The maximum atomic E-state index is 12.3. The molecule has 0 saturated carbocycles. The number of hydrogen-bond acceptors (Lipinski definition) is 3. The molecule has 2 aromatic rings. The minimum atomic E-state index is -4.02. The van der Waals surface area contributed by atoms with Gasteiger partial charge in [-0.3, -0.25) is 4.72 Å². The van der Waals surface area contributed by atoms with Crippen LogP contribution in [0.15, 0.2) is 41.3 Å². The number of carboxylic acids is 1. The standard InChI is InChI=1S/C13H8Cl3NO4S/c14-7-1-3-11(16)12(5-7)22(20,21)17-8-2-4-10(15)9(6-8)13(18)19/h1-6,17H,(H,18,19). The zero-order chi connectivity index (χ0) is 16.5. The first-order chi connectivity index (χ1) is 10.2. The summed E-state index contributed by atoms with van der Waals surface area (Å²) >= 11 is 17.4. The summed E-state index contributed by atoms with van der Waals surface area (Å²) in [6.45, 7) is 0. The maximum absolute atomic E-state index is 12.3. The van der Waals surface area contributed by atoms with Gasteiger partial charge in [0.05, 0.1) is 15.6 Å². The Morgan fingerprint density at radius 2 is 1.64 bits per heavy atom. The molecule has 0 heterocycles. The molecule has 0 aliphatic heterocycles. The SMILES string of the molecule is O=C(O)c1cc(NS(=O)(=O)c2cc(Cl)ccc2Cl)ccc1Cl. The first kappa shape index (κ1) is 16.9. The van der Waals surface area contributed by atoms with Gasteiger partial charge >= 0.3 is 5.97 Å². The highest BCUT2D eigenvalue weighted by molar-refractivity contribution is 7.92. The highest BCUT2D eigenvalue weighted by Gasteiger charge is 2.19. The highest BCUT2D eigenvalue weighted by atomic mass is 35.5. The average Bonchev–Trinajstić information content (AvgIpc) is 2.43. The Hall–Kier alpha value is -1.47. The quantitative estimate of drug-likeness (QED) is 0.835. The molecule has 9 heteroatoms. The van der Waals surface area contributed by atoms with Crippen LogP contribution < -0.4 is 4.72 Å². The molecule has 116 valence electrons. The van der Waals surface area contributed by atoms with Gasteiger partial charge in [0, 0.05) is 10.7 Å². The largest absolute Gasteiger partial charge is 0.478 e. The molecular weight excluding hydrogens is 373 g/mol. The van der Waals surface area contributed by atoms with E-state index in [0.29, 0.717) is 0 Å². The third-order valence-electron chi connectivity index (χ3n) is 2.63. The van der Waals surface area contributed by atoms with Crippen molar-refractivity contribution in [2.24, 2.45) is 0 Å². The number of hydrogen-bond donors (Lipinski definition) is 2. The van der Waals surface area contributed by atoms with E-state index in [-0.39, 0.29) is 31.2 Å². The predicted molar refractivity (Wildman–Crippen MR) is 85.7 cm³/mol. The van der Waals surface area contributed by atoms with Crippen LogP contribution in [0.5, 0.6) is 0 Å². The molecule has 5 nitrogen and oxygen atoms in total. The topological polar surface area (TPSA) is 83.5 Å². The Bertz CT molecular complexity index is 852. The number of sulfonamides is 1. The zero-order valence-corrected chi connectivity index (χ0v) is 13.8. The first-order valence-electron chi connectivity index (χ1n) is 5.71. The maximum Gasteiger partial charge on any atom is 0.337 e. The van der Waals surface area contributed by atoms with Crippen LogP contribution in [0.1, 0.15) is 10.4 Å². The number of carbonyl (C=O) groups is 1. The lowest BCUT2D eigenvalue weighted by Gasteiger charge is -2.11. The van der Waals surface area contributed by atoms with Crippen LogP contribution in [0.3, 0.4) is 0 Å². The first-order valence-corrected chi connectivity index (χ1v) is 8.33. The van der Waals surface area contributed by atoms with E-state index in [0.717, 1.165) is 6.07 Å². The second kappa shape index (κ2) is 6.34. The van der Waals surface area contributed by atoms with E-state index >= 15 is 0 Å². The lowest BCUT2D eigenvalue weighted by atomic mass is 10.2. The zero-order valence-electron chi connectivity index (χ0n) is 10.7. The third kappa shape index (κ3) is 3.64. The summed E-state index contributed by atoms with van der Waals surface area (Å²) in [7, 11) is -4.02. The number of rotatable bonds is 4. The number of nitrogens with one attached hydrogen (secondary N) is 1. The summed E-state index contributed by atoms with van der Waals surface area (Å²) in [5, 5.41) is 9.17. The van der Waals surface area contributed by atoms with Crippen molar-refractivity contribution in [3.05, 3.63) is 57.0 Å². The van der Waals surface area contributed by atoms with Crippen molar-refractivity contribution >= 4 is 56.5 Å². The van der Waals surface area contributed by atoms with Crippen molar-refractivity contribution in [2.45, 2.75) is 4.90 Å². The van der Waals surface area contributed by atoms with Gasteiger partial charge in [0.25, 0.3) is 10.0 Å². The number of aromatic carboxylic acids is 1. The number of halogens is 3. The van der Waals surface area contributed by atoms with Gasteiger partial charge in [-0.1, -0.05) is 34.8 Å². The monoisotopic (exact) mass is 379 g/mol. The molecule has 0 saturated heterocycles. The molecule has 22 heavy (non-hydrogen) atoms. The minimum absolute atomic E-state index is 0.00349. The van der Waals surface area contributed by atoms with Crippen LogP contribution in [-0.4, -0.2) is 19.5 Å². The van der Waals surface area contributed by atoms with Crippen LogP contribution in [-0.2, 0) is 10.0 Å². The summed E-state index contributed by atoms with van der Waals surface area (Å²) in [5.41, 5.74) is -0.183. The molecular formula is C13H8Cl3NO4S. The van der Waals surface area contributed by atoms with E-state index in [4.69, 9.17) is 39.9 Å². The van der Waals surface area contributed by atoms with E-state index in [1.165, 1.54) is 30.3 Å². The summed E-state index contributed by atoms with van der Waals surface area (Å²) < 4.78 is 26.8. The molecule has 0 bridgehead atoms. The molecule has 0 fully saturated rings. The van der Waals surface area contributed by atoms with Gasteiger partial charge in [-0.05, 0) is 36.4 Å². The Morgan fingerprint density at radius 1 is 1.00 bits per heavy atom. The minimum Gasteiger partial charge on any atom is -0.478 e. The van der Waals surface area contributed by atoms with Crippen molar-refractivity contribution < 1.29 is 18.3 Å². The normalized spacial score (nSPS) is 11.2. The van der Waals surface area contributed by atoms with E-state index in [1.807, 2.05) is 0 Å². The highest BCUT2D eigenvalue weighted by Crippen LogP contribution is 2.28. The average molecular weight is 381 g/mol. The molecule has 0 amide bonds. The van der Waals surface area contributed by atoms with E-state index in [9.17, 15) is 13.2 Å². The van der Waals surface area contributed by atoms with E-state index < -0.39 is 16.0 Å². The smallest absolute Gasteiger partial charge is 0.337 e. The number of benzene rings is 2. The molecule has 0 aliphatic rings. The number of anilines is 1. The Morgan fingerprint density at radius 3 is 2.27 bits per heavy atom. The van der Waals surface area contributed by atoms with Crippen LogP contribution in [0.25, 0.3) is 0 Å². The van der Waals surface area contributed by atoms with E-state index in [1.54, 1.807) is 0 Å². The van der Waals surface area contributed by atoms with Crippen molar-refractivity contribution in [3.8, 4) is 0 Å². The van der Waals surface area contributed by atoms with Gasteiger partial charge < -0.3 is 5.11 Å². The summed E-state index contributed by atoms with van der Waals surface area (Å²) in [6.07, 6.45) is 0. The van der Waals surface area contributed by atoms with Gasteiger partial charge in [-0.15, -0.1) is 0 Å². The molecule has 0 atom stereocenters. The van der Waals surface area contributed by atoms with Crippen LogP contribution in [0, 0.1) is 0 Å². The third-order valence-corrected chi connectivity index (χ3v) is 5.06. The van der Waals surface area contributed by atoms with Gasteiger partial charge in [0.2, 0.25) is 0 Å². The second-order valence-corrected chi connectivity index (χ2v) is 7.08. The summed E-state index contributed by atoms with van der Waals surface area (Å²) in [6, 6.07) is 7.73. The van der Waals surface area contributed by atoms with Gasteiger partial charge in [0.1, 0.15) is 4.90 Å².